The Balaban J connectivity index is 1.51. The Morgan fingerprint density at radius 1 is 1.21 bits per heavy atom. The van der Waals surface area contributed by atoms with E-state index in [0.29, 0.717) is 36.8 Å². The van der Waals surface area contributed by atoms with Gasteiger partial charge in [0, 0.05) is 44.7 Å². The molecule has 5 aliphatic rings. The van der Waals surface area contributed by atoms with E-state index in [1.165, 1.54) is 51.1 Å². The highest BCUT2D eigenvalue weighted by molar-refractivity contribution is 5.74. The molecule has 8 atom stereocenters. The summed E-state index contributed by atoms with van der Waals surface area (Å²) in [6.07, 6.45) is 12.0. The van der Waals surface area contributed by atoms with Crippen molar-refractivity contribution >= 4 is 11.9 Å². The maximum atomic E-state index is 11.5. The van der Waals surface area contributed by atoms with Gasteiger partial charge in [-0.1, -0.05) is 13.3 Å². The molecule has 1 N–H and O–H groups in total. The summed E-state index contributed by atoms with van der Waals surface area (Å²) < 4.78 is 5.13. The van der Waals surface area contributed by atoms with Crippen LogP contribution in [-0.2, 0) is 14.3 Å². The van der Waals surface area contributed by atoms with Crippen LogP contribution in [0.4, 0.5) is 0 Å². The predicted molar refractivity (Wildman–Crippen MR) is 112 cm³/mol. The number of hydrogen-bond donors (Lipinski definition) is 1. The monoisotopic (exact) mass is 403 g/mol. The topological polar surface area (TPSA) is 61.9 Å². The van der Waals surface area contributed by atoms with Gasteiger partial charge < -0.3 is 10.1 Å². The molecular formula is C23H37N3O3. The standard InChI is InChI=1S/C23H37N3O3/c1-4-7-21-19-12-18-14-25(21)22-10-9-17(13-24-15(2)27)23(19)26(22)20(18)8-5-6-11-29-16(3)28/h13,18-23H,4-12,14H2,1-3H3,(H,24,27)/b17-13+/t18?,19?,20-,21-,22+,23+/m1/s1. The van der Waals surface area contributed by atoms with Gasteiger partial charge in [0.05, 0.1) is 12.8 Å². The minimum atomic E-state index is -0.180. The van der Waals surface area contributed by atoms with Crippen LogP contribution in [0.1, 0.15) is 72.1 Å². The fraction of sp³-hybridized carbons (Fsp3) is 0.826. The van der Waals surface area contributed by atoms with Crippen molar-refractivity contribution in [3.05, 3.63) is 11.8 Å². The second-order valence-electron chi connectivity index (χ2n) is 9.45. The normalized spacial score (nSPS) is 40.9. The summed E-state index contributed by atoms with van der Waals surface area (Å²) in [4.78, 5) is 28.2. The van der Waals surface area contributed by atoms with Crippen molar-refractivity contribution in [2.75, 3.05) is 13.2 Å². The highest BCUT2D eigenvalue weighted by Gasteiger charge is 2.60. The molecule has 5 rings (SSSR count). The van der Waals surface area contributed by atoms with Crippen LogP contribution >= 0.6 is 0 Å². The van der Waals surface area contributed by atoms with Crippen molar-refractivity contribution in [3.63, 3.8) is 0 Å². The Morgan fingerprint density at radius 2 is 2.03 bits per heavy atom. The molecule has 29 heavy (non-hydrogen) atoms. The highest BCUT2D eigenvalue weighted by Crippen LogP contribution is 2.55. The Kier molecular flexibility index (Phi) is 6.30. The fourth-order valence-electron chi connectivity index (χ4n) is 6.75. The van der Waals surface area contributed by atoms with E-state index < -0.39 is 0 Å². The maximum absolute atomic E-state index is 11.5. The van der Waals surface area contributed by atoms with Gasteiger partial charge in [-0.2, -0.15) is 0 Å². The molecule has 6 heteroatoms. The number of rotatable bonds is 8. The predicted octanol–water partition coefficient (Wildman–Crippen LogP) is 3.03. The largest absolute Gasteiger partial charge is 0.466 e. The van der Waals surface area contributed by atoms with Crippen molar-refractivity contribution in [2.45, 2.75) is 96.4 Å². The average Bonchev–Trinajstić information content (AvgIpc) is 2.68. The van der Waals surface area contributed by atoms with E-state index in [1.807, 2.05) is 6.20 Å². The van der Waals surface area contributed by atoms with Crippen LogP contribution in [0, 0.1) is 11.8 Å². The Morgan fingerprint density at radius 3 is 2.76 bits per heavy atom. The third-order valence-corrected chi connectivity index (χ3v) is 7.64. The number of carbonyl (C=O) groups excluding carboxylic acids is 2. The first-order valence-electron chi connectivity index (χ1n) is 11.6. The summed E-state index contributed by atoms with van der Waals surface area (Å²) in [5.74, 6) is 1.30. The molecule has 0 aromatic carbocycles. The molecular weight excluding hydrogens is 366 g/mol. The van der Waals surface area contributed by atoms with Crippen molar-refractivity contribution in [1.29, 1.82) is 0 Å². The third-order valence-electron chi connectivity index (χ3n) is 7.64. The molecule has 0 radical (unpaired) electrons. The van der Waals surface area contributed by atoms with Crippen LogP contribution < -0.4 is 5.32 Å². The number of nitrogens with one attached hydrogen (secondary N) is 1. The molecule has 1 amide bonds. The summed E-state index contributed by atoms with van der Waals surface area (Å²) in [5, 5.41) is 2.97. The van der Waals surface area contributed by atoms with Gasteiger partial charge in [-0.3, -0.25) is 19.4 Å². The van der Waals surface area contributed by atoms with Gasteiger partial charge in [0.2, 0.25) is 5.91 Å². The lowest BCUT2D eigenvalue weighted by atomic mass is 9.62. The molecule has 0 spiro atoms. The zero-order valence-electron chi connectivity index (χ0n) is 18.2. The summed E-state index contributed by atoms with van der Waals surface area (Å²) >= 11 is 0. The third kappa shape index (κ3) is 3.98. The molecule has 4 unspecified atom stereocenters. The van der Waals surface area contributed by atoms with Crippen LogP contribution in [0.2, 0.25) is 0 Å². The first kappa shape index (κ1) is 20.9. The van der Waals surface area contributed by atoms with Gasteiger partial charge in [-0.15, -0.1) is 0 Å². The quantitative estimate of drug-likeness (QED) is 0.499. The molecule has 5 aliphatic heterocycles. The smallest absolute Gasteiger partial charge is 0.302 e. The Bertz CT molecular complexity index is 664. The number of carbonyl (C=O) groups is 2. The zero-order chi connectivity index (χ0) is 20.5. The first-order valence-corrected chi connectivity index (χ1v) is 11.6. The van der Waals surface area contributed by atoms with E-state index in [0.717, 1.165) is 25.2 Å². The second kappa shape index (κ2) is 8.76. The minimum Gasteiger partial charge on any atom is -0.466 e. The molecule has 5 heterocycles. The summed E-state index contributed by atoms with van der Waals surface area (Å²) in [7, 11) is 0. The first-order chi connectivity index (χ1) is 14.0. The SMILES string of the molecule is CCC[C@@H]1C2CC3CN1[C@@H]1CC/C(=C\NC(C)=O)[C@@H]2N1[C@@H]3CCCCOC(C)=O. The van der Waals surface area contributed by atoms with Crippen LogP contribution in [0.15, 0.2) is 11.8 Å². The average molecular weight is 404 g/mol. The second-order valence-corrected chi connectivity index (χ2v) is 9.45. The van der Waals surface area contributed by atoms with Crippen molar-refractivity contribution < 1.29 is 14.3 Å². The van der Waals surface area contributed by atoms with E-state index in [-0.39, 0.29) is 11.9 Å². The van der Waals surface area contributed by atoms with Crippen LogP contribution in [0.3, 0.4) is 0 Å². The molecule has 0 aromatic heterocycles. The lowest BCUT2D eigenvalue weighted by Crippen LogP contribution is -2.79. The molecule has 162 valence electrons. The fourth-order valence-corrected chi connectivity index (χ4v) is 6.75. The maximum Gasteiger partial charge on any atom is 0.302 e. The number of esters is 1. The van der Waals surface area contributed by atoms with Gasteiger partial charge >= 0.3 is 5.97 Å². The molecule has 6 nitrogen and oxygen atoms in total. The van der Waals surface area contributed by atoms with Crippen molar-refractivity contribution in [2.24, 2.45) is 11.8 Å². The van der Waals surface area contributed by atoms with Crippen LogP contribution in [0.5, 0.6) is 0 Å². The van der Waals surface area contributed by atoms with Gasteiger partial charge in [-0.05, 0) is 62.4 Å². The van der Waals surface area contributed by atoms with Crippen molar-refractivity contribution in [1.82, 2.24) is 15.1 Å². The number of hydrogen-bond acceptors (Lipinski definition) is 5. The number of amides is 1. The number of unbranched alkanes of at least 4 members (excludes halogenated alkanes) is 1. The number of ether oxygens (including phenoxy) is 1. The minimum absolute atomic E-state index is 0.0225. The highest BCUT2D eigenvalue weighted by atomic mass is 16.5. The number of nitrogens with zero attached hydrogens (tertiary/aromatic N) is 2. The lowest BCUT2D eigenvalue weighted by molar-refractivity contribution is -0.222. The van der Waals surface area contributed by atoms with Gasteiger partial charge in [0.1, 0.15) is 0 Å². The van der Waals surface area contributed by atoms with E-state index in [1.54, 1.807) is 6.92 Å². The van der Waals surface area contributed by atoms with Gasteiger partial charge in [0.25, 0.3) is 0 Å². The van der Waals surface area contributed by atoms with E-state index in [4.69, 9.17) is 4.74 Å². The summed E-state index contributed by atoms with van der Waals surface area (Å²) in [5.41, 5.74) is 1.44. The van der Waals surface area contributed by atoms with Gasteiger partial charge in [0.15, 0.2) is 0 Å². The van der Waals surface area contributed by atoms with E-state index in [9.17, 15) is 9.59 Å². The molecule has 5 fully saturated rings. The Labute approximate surface area is 175 Å². The van der Waals surface area contributed by atoms with Crippen molar-refractivity contribution in [3.8, 4) is 0 Å². The van der Waals surface area contributed by atoms with E-state index in [2.05, 4.69) is 22.0 Å². The Hall–Kier alpha value is -1.40. The molecule has 0 aromatic rings. The molecule has 0 aliphatic carbocycles. The number of piperidine rings is 3. The summed E-state index contributed by atoms with van der Waals surface area (Å²) in [6, 6.07) is 1.82. The molecule has 5 saturated heterocycles. The van der Waals surface area contributed by atoms with E-state index >= 15 is 0 Å². The van der Waals surface area contributed by atoms with Crippen LogP contribution in [-0.4, -0.2) is 59.1 Å². The molecule has 0 saturated carbocycles. The van der Waals surface area contributed by atoms with Gasteiger partial charge in [-0.25, -0.2) is 0 Å². The lowest BCUT2D eigenvalue weighted by Gasteiger charge is -2.70. The zero-order valence-corrected chi connectivity index (χ0v) is 18.2. The van der Waals surface area contributed by atoms with Crippen LogP contribution in [0.25, 0.3) is 0 Å². The molecule has 6 bridgehead atoms. The summed E-state index contributed by atoms with van der Waals surface area (Å²) in [6.45, 7) is 7.18.